The number of hydrazine groups is 1. The largest absolute Gasteiger partial charge is 0.288 e. The highest BCUT2D eigenvalue weighted by molar-refractivity contribution is 6.21. The summed E-state index contributed by atoms with van der Waals surface area (Å²) in [6, 6.07) is 10.6. The zero-order valence-corrected chi connectivity index (χ0v) is 9.33. The number of nitrogens with one attached hydrogen (secondary N) is 1. The molecule has 0 atom stereocenters. The minimum Gasteiger partial charge on any atom is -0.288 e. The van der Waals surface area contributed by atoms with Crippen molar-refractivity contribution >= 4 is 17.5 Å². The second-order valence-corrected chi connectivity index (χ2v) is 3.84. The van der Waals surface area contributed by atoms with Crippen molar-refractivity contribution in [3.63, 3.8) is 0 Å². The van der Waals surface area contributed by atoms with Crippen LogP contribution in [0.1, 0.15) is 20.7 Å². The third-order valence-corrected chi connectivity index (χ3v) is 2.70. The molecule has 2 aromatic rings. The van der Waals surface area contributed by atoms with Crippen LogP contribution in [0.2, 0.25) is 0 Å². The number of nitrogens with zero attached hydrogens (tertiary/aromatic N) is 2. The van der Waals surface area contributed by atoms with Gasteiger partial charge < -0.3 is 0 Å². The van der Waals surface area contributed by atoms with Gasteiger partial charge in [0.25, 0.3) is 11.8 Å². The van der Waals surface area contributed by atoms with Crippen LogP contribution in [0.3, 0.4) is 0 Å². The maximum Gasteiger partial charge on any atom is 0.282 e. The number of imide groups is 1. The Labute approximate surface area is 103 Å². The summed E-state index contributed by atoms with van der Waals surface area (Å²) >= 11 is 0. The monoisotopic (exact) mass is 239 g/mol. The van der Waals surface area contributed by atoms with E-state index < -0.39 is 0 Å². The summed E-state index contributed by atoms with van der Waals surface area (Å²) in [5.74, 6) is -0.742. The number of carbonyl (C=O) groups excluding carboxylic acids is 2. The summed E-state index contributed by atoms with van der Waals surface area (Å²) in [5.41, 5.74) is 4.17. The van der Waals surface area contributed by atoms with Crippen LogP contribution in [0.5, 0.6) is 0 Å². The molecule has 1 aromatic heterocycles. The van der Waals surface area contributed by atoms with Crippen LogP contribution in [0.4, 0.5) is 5.69 Å². The molecule has 2 heterocycles. The molecule has 0 fully saturated rings. The van der Waals surface area contributed by atoms with Gasteiger partial charge in [-0.25, -0.2) is 0 Å². The van der Waals surface area contributed by atoms with Gasteiger partial charge in [0.2, 0.25) is 0 Å². The second kappa shape index (κ2) is 3.96. The minimum atomic E-state index is -0.382. The van der Waals surface area contributed by atoms with E-state index in [4.69, 9.17) is 0 Å². The molecule has 3 rings (SSSR count). The lowest BCUT2D eigenvalue weighted by atomic mass is 10.2. The summed E-state index contributed by atoms with van der Waals surface area (Å²) in [6.45, 7) is 0. The third-order valence-electron chi connectivity index (χ3n) is 2.70. The Morgan fingerprint density at radius 3 is 2.39 bits per heavy atom. The molecule has 1 aliphatic rings. The molecule has 0 aliphatic carbocycles. The van der Waals surface area contributed by atoms with Gasteiger partial charge in [-0.05, 0) is 18.2 Å². The zero-order chi connectivity index (χ0) is 12.5. The molecule has 1 aliphatic heterocycles. The number of benzene rings is 1. The van der Waals surface area contributed by atoms with Gasteiger partial charge in [0.15, 0.2) is 0 Å². The lowest BCUT2D eigenvalue weighted by Crippen LogP contribution is -2.35. The third kappa shape index (κ3) is 1.53. The number of pyridine rings is 1. The average Bonchev–Trinajstić information content (AvgIpc) is 2.66. The topological polar surface area (TPSA) is 62.3 Å². The fraction of sp³-hybridized carbons (Fsp3) is 0. The molecule has 5 heteroatoms. The molecule has 0 saturated carbocycles. The Morgan fingerprint density at radius 2 is 1.67 bits per heavy atom. The molecule has 0 unspecified atom stereocenters. The van der Waals surface area contributed by atoms with Gasteiger partial charge >= 0.3 is 0 Å². The molecular weight excluding hydrogens is 230 g/mol. The van der Waals surface area contributed by atoms with Gasteiger partial charge in [-0.3, -0.25) is 20.0 Å². The molecular formula is C13H9N3O2. The number of anilines is 1. The fourth-order valence-corrected chi connectivity index (χ4v) is 1.83. The maximum atomic E-state index is 12.0. The molecule has 1 aromatic carbocycles. The smallest absolute Gasteiger partial charge is 0.282 e. The fourth-order valence-electron chi connectivity index (χ4n) is 1.83. The molecule has 88 valence electrons. The lowest BCUT2D eigenvalue weighted by molar-refractivity contribution is 0.0691. The van der Waals surface area contributed by atoms with E-state index in [1.807, 2.05) is 18.2 Å². The van der Waals surface area contributed by atoms with E-state index in [0.717, 1.165) is 5.01 Å². The number of rotatable bonds is 2. The van der Waals surface area contributed by atoms with Crippen molar-refractivity contribution in [1.82, 2.24) is 9.99 Å². The van der Waals surface area contributed by atoms with E-state index in [0.29, 0.717) is 16.8 Å². The molecule has 5 nitrogen and oxygen atoms in total. The van der Waals surface area contributed by atoms with Crippen molar-refractivity contribution in [3.05, 3.63) is 59.9 Å². The number of aromatic nitrogens is 1. The predicted octanol–water partition coefficient (Wildman–Crippen LogP) is 1.70. The molecule has 18 heavy (non-hydrogen) atoms. The zero-order valence-electron chi connectivity index (χ0n) is 9.33. The SMILES string of the molecule is O=C1c2ccncc2C(=O)N1Nc1ccccc1. The van der Waals surface area contributed by atoms with Crippen LogP contribution < -0.4 is 5.43 Å². The highest BCUT2D eigenvalue weighted by Gasteiger charge is 2.35. The quantitative estimate of drug-likeness (QED) is 0.810. The van der Waals surface area contributed by atoms with E-state index in [9.17, 15) is 9.59 Å². The highest BCUT2D eigenvalue weighted by atomic mass is 16.2. The average molecular weight is 239 g/mol. The van der Waals surface area contributed by atoms with Crippen molar-refractivity contribution in [2.45, 2.75) is 0 Å². The van der Waals surface area contributed by atoms with Gasteiger partial charge in [0, 0.05) is 12.4 Å². The second-order valence-electron chi connectivity index (χ2n) is 3.84. The first kappa shape index (κ1) is 10.5. The Balaban J connectivity index is 1.93. The van der Waals surface area contributed by atoms with Crippen LogP contribution in [-0.4, -0.2) is 21.8 Å². The molecule has 1 N–H and O–H groups in total. The minimum absolute atomic E-state index is 0.325. The highest BCUT2D eigenvalue weighted by Crippen LogP contribution is 2.22. The number of amides is 2. The first-order valence-electron chi connectivity index (χ1n) is 5.42. The maximum absolute atomic E-state index is 12.0. The van der Waals surface area contributed by atoms with Crippen molar-refractivity contribution in [2.24, 2.45) is 0 Å². The van der Waals surface area contributed by atoms with Crippen LogP contribution in [0, 0.1) is 0 Å². The predicted molar refractivity (Wildman–Crippen MR) is 64.8 cm³/mol. The lowest BCUT2D eigenvalue weighted by Gasteiger charge is -2.15. The summed E-state index contributed by atoms with van der Waals surface area (Å²) < 4.78 is 0. The first-order chi connectivity index (χ1) is 8.77. The number of carbonyl (C=O) groups is 2. The van der Waals surface area contributed by atoms with Gasteiger partial charge in [0.05, 0.1) is 16.8 Å². The van der Waals surface area contributed by atoms with E-state index in [2.05, 4.69) is 10.4 Å². The molecule has 0 saturated heterocycles. The van der Waals surface area contributed by atoms with Crippen molar-refractivity contribution < 1.29 is 9.59 Å². The number of hydrogen-bond acceptors (Lipinski definition) is 4. The van der Waals surface area contributed by atoms with Crippen molar-refractivity contribution in [2.75, 3.05) is 5.43 Å². The number of para-hydroxylation sites is 1. The Morgan fingerprint density at radius 1 is 0.944 bits per heavy atom. The Hall–Kier alpha value is -2.69. The van der Waals surface area contributed by atoms with Gasteiger partial charge in [-0.1, -0.05) is 18.2 Å². The van der Waals surface area contributed by atoms with E-state index in [-0.39, 0.29) is 11.8 Å². The normalized spacial score (nSPS) is 13.7. The Bertz CT molecular complexity index is 590. The van der Waals surface area contributed by atoms with E-state index in [1.54, 1.807) is 18.2 Å². The number of hydrogen-bond donors (Lipinski definition) is 1. The summed E-state index contributed by atoms with van der Waals surface area (Å²) in [5, 5.41) is 1.00. The van der Waals surface area contributed by atoms with Crippen molar-refractivity contribution in [3.8, 4) is 0 Å². The van der Waals surface area contributed by atoms with Gasteiger partial charge in [0.1, 0.15) is 0 Å². The van der Waals surface area contributed by atoms with E-state index in [1.165, 1.54) is 12.4 Å². The molecule has 2 amide bonds. The van der Waals surface area contributed by atoms with Gasteiger partial charge in [-0.15, -0.1) is 0 Å². The van der Waals surface area contributed by atoms with Crippen LogP contribution in [-0.2, 0) is 0 Å². The summed E-state index contributed by atoms with van der Waals surface area (Å²) in [6.07, 6.45) is 2.90. The molecule has 0 spiro atoms. The Kier molecular flexibility index (Phi) is 2.30. The van der Waals surface area contributed by atoms with Crippen molar-refractivity contribution in [1.29, 1.82) is 0 Å². The molecule has 0 radical (unpaired) electrons. The molecule has 0 bridgehead atoms. The summed E-state index contributed by atoms with van der Waals surface area (Å²) in [4.78, 5) is 27.9. The number of fused-ring (bicyclic) bond motifs is 1. The van der Waals surface area contributed by atoms with Crippen LogP contribution >= 0.6 is 0 Å². The first-order valence-corrected chi connectivity index (χ1v) is 5.42. The van der Waals surface area contributed by atoms with E-state index >= 15 is 0 Å². The van der Waals surface area contributed by atoms with Crippen LogP contribution in [0.25, 0.3) is 0 Å². The summed E-state index contributed by atoms with van der Waals surface area (Å²) in [7, 11) is 0. The van der Waals surface area contributed by atoms with Gasteiger partial charge in [-0.2, -0.15) is 5.01 Å². The standard InChI is InChI=1S/C13H9N3O2/c17-12-10-6-7-14-8-11(10)13(18)16(12)15-9-4-2-1-3-5-9/h1-8,15H. The van der Waals surface area contributed by atoms with Crippen LogP contribution in [0.15, 0.2) is 48.8 Å².